The molecule has 0 bridgehead atoms. The number of hydrogen-bond acceptors (Lipinski definition) is 4. The van der Waals surface area contributed by atoms with E-state index in [-0.39, 0.29) is 11.8 Å². The number of aromatic nitrogens is 1. The molecule has 20 heavy (non-hydrogen) atoms. The number of carbonyl (C=O) groups excluding carboxylic acids is 2. The van der Waals surface area contributed by atoms with E-state index in [1.807, 2.05) is 18.0 Å². The Hall–Kier alpha value is -1.92. The maximum absolute atomic E-state index is 11.6. The second-order valence-electron chi connectivity index (χ2n) is 4.65. The van der Waals surface area contributed by atoms with Gasteiger partial charge < -0.3 is 5.32 Å². The third-order valence-electron chi connectivity index (χ3n) is 2.82. The van der Waals surface area contributed by atoms with E-state index < -0.39 is 0 Å². The first-order valence-electron chi connectivity index (χ1n) is 6.04. The molecule has 1 N–H and O–H groups in total. The quantitative estimate of drug-likeness (QED) is 0.655. The topological polar surface area (TPSA) is 65.5 Å². The Morgan fingerprint density at radius 3 is 3.00 bits per heavy atom. The monoisotopic (exact) mass is 294 g/mol. The molecule has 0 atom stereocenters. The Morgan fingerprint density at radius 2 is 2.30 bits per heavy atom. The summed E-state index contributed by atoms with van der Waals surface area (Å²) in [5.74, 6) is 0.172. The van der Waals surface area contributed by atoms with Gasteiger partial charge in [0.2, 0.25) is 5.91 Å². The van der Waals surface area contributed by atoms with E-state index in [2.05, 4.69) is 10.3 Å². The van der Waals surface area contributed by atoms with Gasteiger partial charge in [0.15, 0.2) is 0 Å². The lowest BCUT2D eigenvalue weighted by Crippen LogP contribution is -2.26. The Bertz CT molecular complexity index is 571. The van der Waals surface area contributed by atoms with Crippen LogP contribution in [0.4, 0.5) is 5.82 Å². The fourth-order valence-corrected chi connectivity index (χ4v) is 1.94. The zero-order valence-corrected chi connectivity index (χ0v) is 12.0. The van der Waals surface area contributed by atoms with Gasteiger partial charge in [0.25, 0.3) is 5.91 Å². The number of amides is 2. The largest absolute Gasteiger partial charge is 0.309 e. The molecule has 7 heteroatoms. The molecular formula is C13H15ClN4O2. The van der Waals surface area contributed by atoms with Gasteiger partial charge in [-0.15, -0.1) is 0 Å². The average molecular weight is 295 g/mol. The maximum Gasteiger partial charge on any atom is 0.260 e. The first kappa shape index (κ1) is 14.5. The lowest BCUT2D eigenvalue weighted by atomic mass is 10.1. The maximum atomic E-state index is 11.6. The van der Waals surface area contributed by atoms with Crippen molar-refractivity contribution >= 4 is 35.5 Å². The van der Waals surface area contributed by atoms with Gasteiger partial charge in [-0.1, -0.05) is 0 Å². The molecule has 2 heterocycles. The van der Waals surface area contributed by atoms with Crippen LogP contribution < -0.4 is 5.32 Å². The zero-order valence-electron chi connectivity index (χ0n) is 11.3. The highest BCUT2D eigenvalue weighted by Crippen LogP contribution is 2.19. The van der Waals surface area contributed by atoms with Crippen molar-refractivity contribution in [3.63, 3.8) is 0 Å². The molecule has 0 fully saturated rings. The van der Waals surface area contributed by atoms with Crippen LogP contribution in [-0.2, 0) is 16.1 Å². The summed E-state index contributed by atoms with van der Waals surface area (Å²) in [6, 6.07) is 1.89. The summed E-state index contributed by atoms with van der Waals surface area (Å²) >= 11 is 5.53. The number of anilines is 1. The van der Waals surface area contributed by atoms with Crippen LogP contribution >= 0.6 is 11.8 Å². The highest BCUT2D eigenvalue weighted by atomic mass is 35.5. The van der Waals surface area contributed by atoms with E-state index in [4.69, 9.17) is 11.8 Å². The van der Waals surface area contributed by atoms with E-state index >= 15 is 0 Å². The summed E-state index contributed by atoms with van der Waals surface area (Å²) in [5.41, 5.74) is 1.69. The second-order valence-corrected chi connectivity index (χ2v) is 5.15. The number of nitrogens with one attached hydrogen (secondary N) is 1. The molecule has 2 amide bonds. The highest BCUT2D eigenvalue weighted by Gasteiger charge is 2.17. The number of likely N-dealkylation sites (N-methyl/N-ethyl adjacent to an activating group) is 2. The van der Waals surface area contributed by atoms with Crippen LogP contribution in [0.15, 0.2) is 18.3 Å². The molecule has 1 aromatic heterocycles. The molecule has 0 saturated carbocycles. The third kappa shape index (κ3) is 3.55. The number of rotatable bonds is 2. The molecule has 1 aliphatic heterocycles. The molecule has 2 rings (SSSR count). The minimum absolute atomic E-state index is 0.0824. The lowest BCUT2D eigenvalue weighted by Gasteiger charge is -2.11. The molecular weight excluding hydrogens is 280 g/mol. The van der Waals surface area contributed by atoms with Crippen LogP contribution in [0.25, 0.3) is 6.08 Å². The third-order valence-corrected chi connectivity index (χ3v) is 2.99. The molecule has 0 aliphatic carbocycles. The van der Waals surface area contributed by atoms with E-state index in [0.29, 0.717) is 18.9 Å². The van der Waals surface area contributed by atoms with Gasteiger partial charge in [-0.3, -0.25) is 18.9 Å². The molecule has 0 saturated heterocycles. The van der Waals surface area contributed by atoms with Crippen LogP contribution in [0.3, 0.4) is 0 Å². The number of carbonyl (C=O) groups is 2. The molecule has 0 unspecified atom stereocenters. The molecule has 6 nitrogen and oxygen atoms in total. The van der Waals surface area contributed by atoms with Gasteiger partial charge >= 0.3 is 0 Å². The number of pyridine rings is 1. The van der Waals surface area contributed by atoms with Gasteiger partial charge in [-0.05, 0) is 24.8 Å². The lowest BCUT2D eigenvalue weighted by molar-refractivity contribution is -0.120. The molecule has 0 spiro atoms. The summed E-state index contributed by atoms with van der Waals surface area (Å²) < 4.78 is 0.974. The summed E-state index contributed by atoms with van der Waals surface area (Å²) in [4.78, 5) is 29.1. The number of halogens is 1. The second kappa shape index (κ2) is 6.02. The Labute approximate surface area is 122 Å². The molecule has 1 aliphatic rings. The van der Waals surface area contributed by atoms with E-state index in [1.54, 1.807) is 12.3 Å². The minimum Gasteiger partial charge on any atom is -0.309 e. The van der Waals surface area contributed by atoms with Crippen LogP contribution in [0, 0.1) is 0 Å². The summed E-state index contributed by atoms with van der Waals surface area (Å²) in [5, 5.41) is 2.75. The van der Waals surface area contributed by atoms with Crippen molar-refractivity contribution in [1.82, 2.24) is 14.3 Å². The molecule has 0 aromatic carbocycles. The normalized spacial score (nSPS) is 15.7. The van der Waals surface area contributed by atoms with Gasteiger partial charge in [0.1, 0.15) is 5.82 Å². The van der Waals surface area contributed by atoms with Crippen molar-refractivity contribution in [3.8, 4) is 0 Å². The van der Waals surface area contributed by atoms with Crippen molar-refractivity contribution in [3.05, 3.63) is 29.5 Å². The first-order valence-corrected chi connectivity index (χ1v) is 6.38. The Morgan fingerprint density at radius 1 is 1.55 bits per heavy atom. The van der Waals surface area contributed by atoms with Gasteiger partial charge in [-0.25, -0.2) is 4.98 Å². The van der Waals surface area contributed by atoms with E-state index in [9.17, 15) is 9.59 Å². The van der Waals surface area contributed by atoms with Crippen LogP contribution in [0.1, 0.15) is 11.1 Å². The van der Waals surface area contributed by atoms with Crippen molar-refractivity contribution in [2.45, 2.75) is 6.54 Å². The minimum atomic E-state index is -0.313. The Balaban J connectivity index is 2.23. The van der Waals surface area contributed by atoms with Crippen molar-refractivity contribution in [1.29, 1.82) is 0 Å². The predicted molar refractivity (Wildman–Crippen MR) is 76.9 cm³/mol. The van der Waals surface area contributed by atoms with Crippen molar-refractivity contribution in [2.24, 2.45) is 0 Å². The van der Waals surface area contributed by atoms with Crippen LogP contribution in [0.2, 0.25) is 0 Å². The summed E-state index contributed by atoms with van der Waals surface area (Å²) in [6.07, 6.45) is 4.61. The smallest absolute Gasteiger partial charge is 0.260 e. The van der Waals surface area contributed by atoms with E-state index in [1.165, 1.54) is 13.1 Å². The SMILES string of the molecule is CN1CC(=O)Nc2ncc(C=CC(=O)N(C)Cl)cc2C1. The van der Waals surface area contributed by atoms with Gasteiger partial charge in [0.05, 0.1) is 6.54 Å². The van der Waals surface area contributed by atoms with Crippen molar-refractivity contribution in [2.75, 3.05) is 26.0 Å². The van der Waals surface area contributed by atoms with Gasteiger partial charge in [0, 0.05) is 43.2 Å². The van der Waals surface area contributed by atoms with Gasteiger partial charge in [-0.2, -0.15) is 0 Å². The number of fused-ring (bicyclic) bond motifs is 1. The summed E-state index contributed by atoms with van der Waals surface area (Å²) in [6.45, 7) is 0.948. The molecule has 1 aromatic rings. The molecule has 0 radical (unpaired) electrons. The first-order chi connectivity index (χ1) is 9.45. The zero-order chi connectivity index (χ0) is 14.7. The van der Waals surface area contributed by atoms with Crippen LogP contribution in [0.5, 0.6) is 0 Å². The molecule has 106 valence electrons. The number of hydrogen-bond donors (Lipinski definition) is 1. The fraction of sp³-hybridized carbons (Fsp3) is 0.308. The predicted octanol–water partition coefficient (Wildman–Crippen LogP) is 1.09. The fourth-order valence-electron chi connectivity index (χ4n) is 1.89. The average Bonchev–Trinajstić information content (AvgIpc) is 2.51. The van der Waals surface area contributed by atoms with Crippen LogP contribution in [-0.4, -0.2) is 46.8 Å². The standard InChI is InChI=1S/C13H15ClN4O2/c1-17-7-10-5-9(3-4-12(20)18(2)14)6-15-13(10)16-11(19)8-17/h3-6H,7-8H2,1-2H3,(H,15,16,19). The summed E-state index contributed by atoms with van der Waals surface area (Å²) in [7, 11) is 3.33. The van der Waals surface area contributed by atoms with E-state index in [0.717, 1.165) is 15.5 Å². The van der Waals surface area contributed by atoms with Crippen molar-refractivity contribution < 1.29 is 9.59 Å². The number of nitrogens with zero attached hydrogens (tertiary/aromatic N) is 3. The highest BCUT2D eigenvalue weighted by molar-refractivity contribution is 6.23. The Kier molecular flexibility index (Phi) is 4.36.